The number of benzene rings is 1. The van der Waals surface area contributed by atoms with Gasteiger partial charge in [0, 0.05) is 36.1 Å². The SMILES string of the molecule is O=[N+]([O-])c1ccccc1CN1CCc2ccsc2C1. The van der Waals surface area contributed by atoms with Crippen LogP contribution in [0.3, 0.4) is 0 Å². The molecule has 0 fully saturated rings. The second-order valence-corrected chi connectivity index (χ2v) is 5.72. The Morgan fingerprint density at radius 3 is 3.00 bits per heavy atom. The Morgan fingerprint density at radius 2 is 2.16 bits per heavy atom. The minimum Gasteiger partial charge on any atom is -0.293 e. The van der Waals surface area contributed by atoms with Crippen molar-refractivity contribution in [2.24, 2.45) is 0 Å². The highest BCUT2D eigenvalue weighted by molar-refractivity contribution is 7.10. The lowest BCUT2D eigenvalue weighted by Gasteiger charge is -2.26. The lowest BCUT2D eigenvalue weighted by Crippen LogP contribution is -2.29. The highest BCUT2D eigenvalue weighted by Gasteiger charge is 2.20. The van der Waals surface area contributed by atoms with Gasteiger partial charge in [-0.2, -0.15) is 0 Å². The van der Waals surface area contributed by atoms with Crippen molar-refractivity contribution in [2.75, 3.05) is 6.54 Å². The van der Waals surface area contributed by atoms with Gasteiger partial charge in [0.2, 0.25) is 0 Å². The van der Waals surface area contributed by atoms with E-state index < -0.39 is 0 Å². The largest absolute Gasteiger partial charge is 0.293 e. The number of nitrogens with zero attached hydrogens (tertiary/aromatic N) is 2. The van der Waals surface area contributed by atoms with Gasteiger partial charge in [-0.05, 0) is 23.4 Å². The molecule has 1 aromatic heterocycles. The molecule has 0 unspecified atom stereocenters. The van der Waals surface area contributed by atoms with Gasteiger partial charge in [-0.15, -0.1) is 11.3 Å². The van der Waals surface area contributed by atoms with Crippen molar-refractivity contribution in [3.05, 3.63) is 61.8 Å². The Kier molecular flexibility index (Phi) is 3.31. The van der Waals surface area contributed by atoms with Gasteiger partial charge < -0.3 is 0 Å². The predicted octanol–water partition coefficient (Wildman–Crippen LogP) is 3.21. The molecule has 1 aliphatic heterocycles. The minimum absolute atomic E-state index is 0.222. The van der Waals surface area contributed by atoms with E-state index in [4.69, 9.17) is 0 Å². The normalized spacial score (nSPS) is 15.2. The van der Waals surface area contributed by atoms with E-state index in [1.165, 1.54) is 10.4 Å². The highest BCUT2D eigenvalue weighted by atomic mass is 32.1. The van der Waals surface area contributed by atoms with Crippen molar-refractivity contribution in [1.29, 1.82) is 0 Å². The molecule has 2 aromatic rings. The lowest BCUT2D eigenvalue weighted by molar-refractivity contribution is -0.385. The van der Waals surface area contributed by atoms with Gasteiger partial charge in [-0.3, -0.25) is 15.0 Å². The van der Waals surface area contributed by atoms with Crippen LogP contribution in [0.25, 0.3) is 0 Å². The zero-order valence-electron chi connectivity index (χ0n) is 10.4. The van der Waals surface area contributed by atoms with Gasteiger partial charge in [-0.25, -0.2) is 0 Å². The van der Waals surface area contributed by atoms with Crippen LogP contribution in [-0.2, 0) is 19.5 Å². The predicted molar refractivity (Wildman–Crippen MR) is 75.2 cm³/mol. The highest BCUT2D eigenvalue weighted by Crippen LogP contribution is 2.27. The van der Waals surface area contributed by atoms with E-state index in [2.05, 4.69) is 16.3 Å². The van der Waals surface area contributed by atoms with Gasteiger partial charge in [0.15, 0.2) is 0 Å². The van der Waals surface area contributed by atoms with Crippen LogP contribution in [0.2, 0.25) is 0 Å². The first-order chi connectivity index (χ1) is 9.24. The van der Waals surface area contributed by atoms with Crippen LogP contribution in [0.4, 0.5) is 5.69 Å². The molecule has 2 heterocycles. The second kappa shape index (κ2) is 5.11. The molecule has 19 heavy (non-hydrogen) atoms. The van der Waals surface area contributed by atoms with Gasteiger partial charge in [0.25, 0.3) is 5.69 Å². The Morgan fingerprint density at radius 1 is 1.32 bits per heavy atom. The fraction of sp³-hybridized carbons (Fsp3) is 0.286. The van der Waals surface area contributed by atoms with Gasteiger partial charge in [0.05, 0.1) is 4.92 Å². The zero-order valence-corrected chi connectivity index (χ0v) is 11.2. The third-order valence-electron chi connectivity index (χ3n) is 3.48. The summed E-state index contributed by atoms with van der Waals surface area (Å²) < 4.78 is 0. The summed E-state index contributed by atoms with van der Waals surface area (Å²) in [5.74, 6) is 0. The summed E-state index contributed by atoms with van der Waals surface area (Å²) in [6, 6.07) is 9.19. The summed E-state index contributed by atoms with van der Waals surface area (Å²) in [5, 5.41) is 13.1. The van der Waals surface area contributed by atoms with Crippen LogP contribution >= 0.6 is 11.3 Å². The van der Waals surface area contributed by atoms with Gasteiger partial charge >= 0.3 is 0 Å². The van der Waals surface area contributed by atoms with Crippen LogP contribution in [0.15, 0.2) is 35.7 Å². The third kappa shape index (κ3) is 2.52. The van der Waals surface area contributed by atoms with E-state index in [0.29, 0.717) is 6.54 Å². The summed E-state index contributed by atoms with van der Waals surface area (Å²) in [6.45, 7) is 2.52. The third-order valence-corrected chi connectivity index (χ3v) is 4.43. The Bertz CT molecular complexity index is 609. The standard InChI is InChI=1S/C14H14N2O2S/c17-16(18)13-4-2-1-3-12(13)9-15-7-5-11-6-8-19-14(11)10-15/h1-4,6,8H,5,7,9-10H2. The van der Waals surface area contributed by atoms with Crippen molar-refractivity contribution < 1.29 is 4.92 Å². The van der Waals surface area contributed by atoms with E-state index in [1.807, 2.05) is 12.1 Å². The maximum Gasteiger partial charge on any atom is 0.273 e. The minimum atomic E-state index is -0.296. The molecular weight excluding hydrogens is 260 g/mol. The summed E-state index contributed by atoms with van der Waals surface area (Å²) in [6.07, 6.45) is 1.04. The second-order valence-electron chi connectivity index (χ2n) is 4.72. The number of hydrogen-bond acceptors (Lipinski definition) is 4. The summed E-state index contributed by atoms with van der Waals surface area (Å²) in [5.41, 5.74) is 2.45. The molecule has 0 N–H and O–H groups in total. The molecule has 4 nitrogen and oxygen atoms in total. The molecule has 0 atom stereocenters. The number of para-hydroxylation sites is 1. The van der Waals surface area contributed by atoms with Crippen molar-refractivity contribution in [3.63, 3.8) is 0 Å². The molecule has 0 radical (unpaired) electrons. The first-order valence-electron chi connectivity index (χ1n) is 6.24. The molecule has 0 spiro atoms. The molecular formula is C14H14N2O2S. The summed E-state index contributed by atoms with van der Waals surface area (Å²) in [7, 11) is 0. The van der Waals surface area contributed by atoms with E-state index in [1.54, 1.807) is 23.5 Å². The van der Waals surface area contributed by atoms with Crippen molar-refractivity contribution in [1.82, 2.24) is 4.90 Å². The van der Waals surface area contributed by atoms with Crippen LogP contribution < -0.4 is 0 Å². The maximum absolute atomic E-state index is 11.0. The Balaban J connectivity index is 1.78. The molecule has 0 saturated carbocycles. The fourth-order valence-corrected chi connectivity index (χ4v) is 3.46. The average molecular weight is 274 g/mol. The smallest absolute Gasteiger partial charge is 0.273 e. The molecule has 1 aromatic carbocycles. The van der Waals surface area contributed by atoms with E-state index in [-0.39, 0.29) is 10.6 Å². The van der Waals surface area contributed by atoms with Gasteiger partial charge in [-0.1, -0.05) is 18.2 Å². The number of rotatable bonds is 3. The molecule has 0 aliphatic carbocycles. The van der Waals surface area contributed by atoms with E-state index >= 15 is 0 Å². The topological polar surface area (TPSA) is 46.4 Å². The van der Waals surface area contributed by atoms with E-state index in [9.17, 15) is 10.1 Å². The molecule has 0 saturated heterocycles. The molecule has 98 valence electrons. The van der Waals surface area contributed by atoms with Crippen molar-refractivity contribution >= 4 is 17.0 Å². The number of hydrogen-bond donors (Lipinski definition) is 0. The van der Waals surface area contributed by atoms with E-state index in [0.717, 1.165) is 25.1 Å². The number of thiophene rings is 1. The number of nitro groups is 1. The lowest BCUT2D eigenvalue weighted by atomic mass is 10.1. The number of nitro benzene ring substituents is 1. The molecule has 0 amide bonds. The monoisotopic (exact) mass is 274 g/mol. The summed E-state index contributed by atoms with van der Waals surface area (Å²) in [4.78, 5) is 14.4. The van der Waals surface area contributed by atoms with Crippen molar-refractivity contribution in [3.8, 4) is 0 Å². The first-order valence-corrected chi connectivity index (χ1v) is 7.12. The Hall–Kier alpha value is -1.72. The number of fused-ring (bicyclic) bond motifs is 1. The maximum atomic E-state index is 11.0. The average Bonchev–Trinajstić information content (AvgIpc) is 2.86. The fourth-order valence-electron chi connectivity index (χ4n) is 2.49. The molecule has 3 rings (SSSR count). The molecule has 5 heteroatoms. The molecule has 1 aliphatic rings. The van der Waals surface area contributed by atoms with Crippen LogP contribution in [0, 0.1) is 10.1 Å². The van der Waals surface area contributed by atoms with Crippen molar-refractivity contribution in [2.45, 2.75) is 19.5 Å². The zero-order chi connectivity index (χ0) is 13.2. The van der Waals surface area contributed by atoms with Crippen LogP contribution in [0.5, 0.6) is 0 Å². The van der Waals surface area contributed by atoms with Crippen LogP contribution in [0.1, 0.15) is 16.0 Å². The first kappa shape index (κ1) is 12.3. The quantitative estimate of drug-likeness (QED) is 0.637. The summed E-state index contributed by atoms with van der Waals surface area (Å²) >= 11 is 1.77. The Labute approximate surface area is 115 Å². The van der Waals surface area contributed by atoms with Gasteiger partial charge in [0.1, 0.15) is 0 Å². The van der Waals surface area contributed by atoms with Crippen LogP contribution in [-0.4, -0.2) is 16.4 Å². The molecule has 0 bridgehead atoms.